The first kappa shape index (κ1) is 10.4. The minimum absolute atomic E-state index is 0.186. The summed E-state index contributed by atoms with van der Waals surface area (Å²) in [5.41, 5.74) is 1.09. The molecule has 2 N–H and O–H groups in total. The molecule has 0 saturated heterocycles. The number of benzene rings is 1. The Hall–Kier alpha value is -2.10. The van der Waals surface area contributed by atoms with Crippen LogP contribution in [0.25, 0.3) is 0 Å². The van der Waals surface area contributed by atoms with Crippen molar-refractivity contribution in [1.29, 1.82) is 0 Å². The van der Waals surface area contributed by atoms with Gasteiger partial charge in [0.1, 0.15) is 5.82 Å². The van der Waals surface area contributed by atoms with Crippen LogP contribution in [0.2, 0.25) is 0 Å². The molecule has 4 heteroatoms. The van der Waals surface area contributed by atoms with Gasteiger partial charge in [-0.3, -0.25) is 4.79 Å². The molecular weight excluding hydrogens is 202 g/mol. The van der Waals surface area contributed by atoms with E-state index < -0.39 is 0 Å². The van der Waals surface area contributed by atoms with Crippen LogP contribution in [0, 0.1) is 0 Å². The molecule has 2 rings (SSSR count). The molecule has 1 aromatic carbocycles. The highest BCUT2D eigenvalue weighted by molar-refractivity contribution is 5.31. The summed E-state index contributed by atoms with van der Waals surface area (Å²) in [5, 5.41) is 9.38. The Kier molecular flexibility index (Phi) is 3.33. The van der Waals surface area contributed by atoms with E-state index in [9.17, 15) is 4.79 Å². The monoisotopic (exact) mass is 215 g/mol. The smallest absolute Gasteiger partial charge is 0.264 e. The third kappa shape index (κ3) is 2.95. The zero-order valence-corrected chi connectivity index (χ0v) is 8.81. The molecule has 1 aromatic heterocycles. The Labute approximate surface area is 93.3 Å². The zero-order valence-electron chi connectivity index (χ0n) is 8.81. The number of hydrogen-bond acceptors (Lipinski definition) is 3. The summed E-state index contributed by atoms with van der Waals surface area (Å²) >= 11 is 0. The average molecular weight is 215 g/mol. The van der Waals surface area contributed by atoms with Crippen LogP contribution in [0.4, 0.5) is 5.82 Å². The summed E-state index contributed by atoms with van der Waals surface area (Å²) in [4.78, 5) is 10.8. The highest BCUT2D eigenvalue weighted by Crippen LogP contribution is 2.01. The lowest BCUT2D eigenvalue weighted by Gasteiger charge is -2.04. The maximum Gasteiger partial charge on any atom is 0.264 e. The molecule has 0 aliphatic carbocycles. The van der Waals surface area contributed by atoms with Crippen LogP contribution < -0.4 is 10.9 Å². The fourth-order valence-electron chi connectivity index (χ4n) is 1.42. The number of rotatable bonds is 4. The number of H-pyrrole nitrogens is 1. The number of anilines is 1. The first-order valence-electron chi connectivity index (χ1n) is 5.18. The summed E-state index contributed by atoms with van der Waals surface area (Å²) in [5.74, 6) is 0.690. The Morgan fingerprint density at radius 3 is 2.62 bits per heavy atom. The largest absolute Gasteiger partial charge is 0.368 e. The van der Waals surface area contributed by atoms with E-state index in [1.165, 1.54) is 11.6 Å². The van der Waals surface area contributed by atoms with Crippen molar-refractivity contribution in [3.63, 3.8) is 0 Å². The molecule has 2 aromatic rings. The van der Waals surface area contributed by atoms with Crippen molar-refractivity contribution in [3.05, 3.63) is 58.4 Å². The first-order chi connectivity index (χ1) is 7.84. The quantitative estimate of drug-likeness (QED) is 0.811. The molecule has 0 spiro atoms. The van der Waals surface area contributed by atoms with Gasteiger partial charge in [0.25, 0.3) is 5.56 Å². The molecule has 0 aliphatic rings. The Balaban J connectivity index is 1.84. The number of aromatic nitrogens is 2. The lowest BCUT2D eigenvalue weighted by atomic mass is 10.1. The summed E-state index contributed by atoms with van der Waals surface area (Å²) in [6.45, 7) is 0.795. The topological polar surface area (TPSA) is 57.8 Å². The van der Waals surface area contributed by atoms with Gasteiger partial charge in [-0.05, 0) is 18.1 Å². The predicted molar refractivity (Wildman–Crippen MR) is 63.5 cm³/mol. The second-order valence-corrected chi connectivity index (χ2v) is 3.47. The second kappa shape index (κ2) is 5.11. The van der Waals surface area contributed by atoms with Crippen LogP contribution >= 0.6 is 0 Å². The Bertz CT molecular complexity index is 473. The molecule has 16 heavy (non-hydrogen) atoms. The molecule has 0 bridgehead atoms. The predicted octanol–water partition coefficient (Wildman–Crippen LogP) is 1.42. The summed E-state index contributed by atoms with van der Waals surface area (Å²) in [7, 11) is 0. The van der Waals surface area contributed by atoms with Crippen LogP contribution in [-0.2, 0) is 6.42 Å². The molecular formula is C12H13N3O. The molecule has 82 valence electrons. The van der Waals surface area contributed by atoms with Crippen molar-refractivity contribution in [3.8, 4) is 0 Å². The van der Waals surface area contributed by atoms with Crippen molar-refractivity contribution < 1.29 is 0 Å². The van der Waals surface area contributed by atoms with E-state index in [1.807, 2.05) is 18.2 Å². The van der Waals surface area contributed by atoms with Crippen LogP contribution in [0.3, 0.4) is 0 Å². The molecule has 1 heterocycles. The van der Waals surface area contributed by atoms with Gasteiger partial charge in [0.15, 0.2) is 0 Å². The van der Waals surface area contributed by atoms with Crippen molar-refractivity contribution in [2.45, 2.75) is 6.42 Å². The number of aromatic amines is 1. The van der Waals surface area contributed by atoms with Crippen molar-refractivity contribution in [2.24, 2.45) is 0 Å². The minimum Gasteiger partial charge on any atom is -0.368 e. The van der Waals surface area contributed by atoms with Crippen molar-refractivity contribution in [2.75, 3.05) is 11.9 Å². The minimum atomic E-state index is -0.186. The second-order valence-electron chi connectivity index (χ2n) is 3.47. The molecule has 4 nitrogen and oxygen atoms in total. The summed E-state index contributed by atoms with van der Waals surface area (Å²) in [6, 6.07) is 13.3. The highest BCUT2D eigenvalue weighted by atomic mass is 16.1. The highest BCUT2D eigenvalue weighted by Gasteiger charge is 1.94. The van der Waals surface area contributed by atoms with Crippen LogP contribution in [0.15, 0.2) is 47.3 Å². The SMILES string of the molecule is O=c1ccc(NCCc2ccccc2)n[nH]1. The standard InChI is InChI=1S/C12H13N3O/c16-12-7-6-11(14-15-12)13-9-8-10-4-2-1-3-5-10/h1-7H,8-9H2,(H,13,14)(H,15,16). The van der Waals surface area contributed by atoms with E-state index >= 15 is 0 Å². The third-order valence-corrected chi connectivity index (χ3v) is 2.24. The molecule has 0 amide bonds. The van der Waals surface area contributed by atoms with Gasteiger partial charge in [-0.1, -0.05) is 30.3 Å². The van der Waals surface area contributed by atoms with Crippen LogP contribution in [0.1, 0.15) is 5.56 Å². The van der Waals surface area contributed by atoms with Crippen molar-refractivity contribution >= 4 is 5.82 Å². The van der Waals surface area contributed by atoms with E-state index in [1.54, 1.807) is 6.07 Å². The van der Waals surface area contributed by atoms with Gasteiger partial charge in [-0.15, -0.1) is 0 Å². The third-order valence-electron chi connectivity index (χ3n) is 2.24. The molecule has 0 saturated carbocycles. The van der Waals surface area contributed by atoms with E-state index in [4.69, 9.17) is 0 Å². The lowest BCUT2D eigenvalue weighted by Crippen LogP contribution is -2.11. The van der Waals surface area contributed by atoms with Gasteiger partial charge in [-0.2, -0.15) is 5.10 Å². The van der Waals surface area contributed by atoms with E-state index in [0.717, 1.165) is 13.0 Å². The fraction of sp³-hybridized carbons (Fsp3) is 0.167. The zero-order chi connectivity index (χ0) is 11.2. The van der Waals surface area contributed by atoms with Crippen LogP contribution in [-0.4, -0.2) is 16.7 Å². The van der Waals surface area contributed by atoms with E-state index in [-0.39, 0.29) is 5.56 Å². The van der Waals surface area contributed by atoms with Gasteiger partial charge in [0.2, 0.25) is 0 Å². The number of hydrogen-bond donors (Lipinski definition) is 2. The first-order valence-corrected chi connectivity index (χ1v) is 5.18. The lowest BCUT2D eigenvalue weighted by molar-refractivity contribution is 0.948. The maximum atomic E-state index is 10.8. The Morgan fingerprint density at radius 2 is 1.94 bits per heavy atom. The average Bonchev–Trinajstić information content (AvgIpc) is 2.33. The van der Waals surface area contributed by atoms with E-state index in [2.05, 4.69) is 27.6 Å². The Morgan fingerprint density at radius 1 is 1.12 bits per heavy atom. The summed E-state index contributed by atoms with van der Waals surface area (Å²) < 4.78 is 0. The van der Waals surface area contributed by atoms with Crippen LogP contribution in [0.5, 0.6) is 0 Å². The molecule has 0 atom stereocenters. The van der Waals surface area contributed by atoms with Gasteiger partial charge in [-0.25, -0.2) is 5.10 Å². The fourth-order valence-corrected chi connectivity index (χ4v) is 1.42. The van der Waals surface area contributed by atoms with Gasteiger partial charge in [0.05, 0.1) is 0 Å². The van der Waals surface area contributed by atoms with E-state index in [0.29, 0.717) is 5.82 Å². The van der Waals surface area contributed by atoms with Gasteiger partial charge >= 0.3 is 0 Å². The molecule has 0 unspecified atom stereocenters. The molecule has 0 aliphatic heterocycles. The summed E-state index contributed by atoms with van der Waals surface area (Å²) in [6.07, 6.45) is 0.932. The molecule has 0 fully saturated rings. The normalized spacial score (nSPS) is 10.0. The maximum absolute atomic E-state index is 10.8. The number of nitrogens with zero attached hydrogens (tertiary/aromatic N) is 1. The number of nitrogens with one attached hydrogen (secondary N) is 2. The van der Waals surface area contributed by atoms with Gasteiger partial charge in [0, 0.05) is 12.6 Å². The molecule has 0 radical (unpaired) electrons. The van der Waals surface area contributed by atoms with Gasteiger partial charge < -0.3 is 5.32 Å². The van der Waals surface area contributed by atoms with Crippen molar-refractivity contribution in [1.82, 2.24) is 10.2 Å².